The van der Waals surface area contributed by atoms with Crippen LogP contribution in [0.1, 0.15) is 19.7 Å². The molecule has 0 spiro atoms. The van der Waals surface area contributed by atoms with Gasteiger partial charge in [0.1, 0.15) is 24.0 Å². The lowest BCUT2D eigenvalue weighted by Crippen LogP contribution is -2.13. The van der Waals surface area contributed by atoms with Crippen molar-refractivity contribution in [2.45, 2.75) is 19.8 Å². The lowest BCUT2D eigenvalue weighted by Gasteiger charge is -2.15. The molecule has 0 unspecified atom stereocenters. The second kappa shape index (κ2) is 10.1. The summed E-state index contributed by atoms with van der Waals surface area (Å²) in [5, 5.41) is 5.58. The number of anilines is 3. The van der Waals surface area contributed by atoms with Gasteiger partial charge in [-0.25, -0.2) is 15.0 Å². The molecule has 0 radical (unpaired) electrons. The van der Waals surface area contributed by atoms with Crippen LogP contribution in [-0.4, -0.2) is 46.2 Å². The van der Waals surface area contributed by atoms with Crippen molar-refractivity contribution < 1.29 is 23.0 Å². The second-order valence-corrected chi connectivity index (χ2v) is 6.80. The van der Waals surface area contributed by atoms with E-state index in [1.807, 2.05) is 0 Å². The summed E-state index contributed by atoms with van der Waals surface area (Å²) in [5.41, 5.74) is 1.56. The number of hydrogen-bond donors (Lipinski definition) is 2. The molecule has 168 valence electrons. The van der Waals surface area contributed by atoms with E-state index in [1.165, 1.54) is 25.4 Å². The zero-order valence-electron chi connectivity index (χ0n) is 17.7. The summed E-state index contributed by atoms with van der Waals surface area (Å²) in [7, 11) is 1.58. The number of nitrogens with one attached hydrogen (secondary N) is 2. The summed E-state index contributed by atoms with van der Waals surface area (Å²) in [6.45, 7) is 2.91. The smallest absolute Gasteiger partial charge is 0.303 e. The Morgan fingerprint density at radius 1 is 1.09 bits per heavy atom. The summed E-state index contributed by atoms with van der Waals surface area (Å²) in [4.78, 5) is 27.6. The van der Waals surface area contributed by atoms with Crippen molar-refractivity contribution in [3.63, 3.8) is 0 Å². The Morgan fingerprint density at radius 2 is 1.91 bits per heavy atom. The highest BCUT2D eigenvalue weighted by atomic mass is 19.3. The van der Waals surface area contributed by atoms with E-state index in [9.17, 15) is 13.6 Å². The molecule has 0 aliphatic rings. The SMILES string of the molecule is COCCOc1ccc(-c2cnc(NC(C)=O)cc2Nc2ccnc(C(C)(F)F)n2)nc1. The fourth-order valence-electron chi connectivity index (χ4n) is 2.66. The minimum Gasteiger partial charge on any atom is -0.490 e. The molecule has 3 rings (SSSR count). The van der Waals surface area contributed by atoms with Gasteiger partial charge in [0.2, 0.25) is 11.7 Å². The number of carbonyl (C=O) groups excluding carboxylic acids is 1. The maximum atomic E-state index is 13.6. The lowest BCUT2D eigenvalue weighted by atomic mass is 10.1. The summed E-state index contributed by atoms with van der Waals surface area (Å²) < 4.78 is 37.7. The predicted molar refractivity (Wildman–Crippen MR) is 114 cm³/mol. The van der Waals surface area contributed by atoms with Crippen LogP contribution < -0.4 is 15.4 Å². The summed E-state index contributed by atoms with van der Waals surface area (Å²) in [6, 6.07) is 6.49. The number of nitrogens with zero attached hydrogens (tertiary/aromatic N) is 4. The summed E-state index contributed by atoms with van der Waals surface area (Å²) in [6.07, 6.45) is 4.30. The number of rotatable bonds is 9. The van der Waals surface area contributed by atoms with Gasteiger partial charge in [-0.1, -0.05) is 0 Å². The first-order valence-corrected chi connectivity index (χ1v) is 9.60. The van der Waals surface area contributed by atoms with E-state index >= 15 is 0 Å². The topological polar surface area (TPSA) is 111 Å². The number of carbonyl (C=O) groups is 1. The van der Waals surface area contributed by atoms with Gasteiger partial charge < -0.3 is 20.1 Å². The van der Waals surface area contributed by atoms with Crippen LogP contribution in [0.5, 0.6) is 5.75 Å². The van der Waals surface area contributed by atoms with Crippen LogP contribution in [-0.2, 0) is 15.5 Å². The number of pyridine rings is 2. The molecule has 3 aromatic rings. The first-order valence-electron chi connectivity index (χ1n) is 9.60. The maximum Gasteiger partial charge on any atom is 0.303 e. The third-order valence-corrected chi connectivity index (χ3v) is 4.09. The monoisotopic (exact) mass is 444 g/mol. The number of halogens is 2. The Labute approximate surface area is 183 Å². The van der Waals surface area contributed by atoms with Gasteiger partial charge in [0.05, 0.1) is 24.2 Å². The molecular formula is C21H22F2N6O3. The van der Waals surface area contributed by atoms with Crippen LogP contribution in [0.4, 0.5) is 26.1 Å². The van der Waals surface area contributed by atoms with Crippen LogP contribution in [0.15, 0.2) is 42.9 Å². The van der Waals surface area contributed by atoms with Crippen LogP contribution in [0, 0.1) is 0 Å². The van der Waals surface area contributed by atoms with Crippen molar-refractivity contribution in [3.05, 3.63) is 48.7 Å². The molecule has 0 atom stereocenters. The zero-order valence-corrected chi connectivity index (χ0v) is 17.7. The third kappa shape index (κ3) is 6.14. The average Bonchev–Trinajstić information content (AvgIpc) is 2.74. The number of aromatic nitrogens is 4. The van der Waals surface area contributed by atoms with Crippen molar-refractivity contribution in [1.82, 2.24) is 19.9 Å². The van der Waals surface area contributed by atoms with E-state index in [2.05, 4.69) is 30.6 Å². The van der Waals surface area contributed by atoms with Crippen molar-refractivity contribution in [3.8, 4) is 17.0 Å². The van der Waals surface area contributed by atoms with E-state index in [4.69, 9.17) is 9.47 Å². The highest BCUT2D eigenvalue weighted by molar-refractivity contribution is 5.89. The largest absolute Gasteiger partial charge is 0.490 e. The number of amides is 1. The molecule has 0 saturated heterocycles. The number of hydrogen-bond acceptors (Lipinski definition) is 8. The normalized spacial score (nSPS) is 11.2. The molecule has 32 heavy (non-hydrogen) atoms. The Balaban J connectivity index is 1.94. The van der Waals surface area contributed by atoms with E-state index in [-0.39, 0.29) is 17.5 Å². The van der Waals surface area contributed by atoms with Gasteiger partial charge in [-0.15, -0.1) is 0 Å². The number of ether oxygens (including phenoxy) is 2. The fraction of sp³-hybridized carbons (Fsp3) is 0.286. The maximum absolute atomic E-state index is 13.6. The average molecular weight is 444 g/mol. The highest BCUT2D eigenvalue weighted by Crippen LogP contribution is 2.31. The Hall–Kier alpha value is -3.73. The summed E-state index contributed by atoms with van der Waals surface area (Å²) >= 11 is 0. The quantitative estimate of drug-likeness (QED) is 0.480. The Bertz CT molecular complexity index is 1070. The van der Waals surface area contributed by atoms with E-state index < -0.39 is 11.7 Å². The standard InChI is InChI=1S/C21H22F2N6O3/c1-13(30)27-19-10-17(28-18-6-7-24-20(29-18)21(2,22)23)15(12-26-19)16-5-4-14(11-25-16)32-9-8-31-3/h4-7,10-12H,8-9H2,1-3H3,(H2,24,26,27,28,29,30). The fourth-order valence-corrected chi connectivity index (χ4v) is 2.66. The second-order valence-electron chi connectivity index (χ2n) is 6.80. The first kappa shape index (κ1) is 22.9. The van der Waals surface area contributed by atoms with E-state index in [0.717, 1.165) is 6.92 Å². The summed E-state index contributed by atoms with van der Waals surface area (Å²) in [5.74, 6) is -3.12. The molecule has 0 saturated carbocycles. The molecule has 0 fully saturated rings. The molecule has 0 aliphatic heterocycles. The molecule has 1 amide bonds. The van der Waals surface area contributed by atoms with Crippen molar-refractivity contribution in [1.29, 1.82) is 0 Å². The zero-order chi connectivity index (χ0) is 23.1. The van der Waals surface area contributed by atoms with Crippen LogP contribution in [0.25, 0.3) is 11.3 Å². The van der Waals surface area contributed by atoms with Crippen molar-refractivity contribution in [2.24, 2.45) is 0 Å². The van der Waals surface area contributed by atoms with Gasteiger partial charge >= 0.3 is 5.92 Å². The van der Waals surface area contributed by atoms with Crippen LogP contribution >= 0.6 is 0 Å². The van der Waals surface area contributed by atoms with Gasteiger partial charge in [-0.2, -0.15) is 8.78 Å². The molecule has 0 aromatic carbocycles. The molecule has 3 aromatic heterocycles. The molecular weight excluding hydrogens is 422 g/mol. The minimum absolute atomic E-state index is 0.150. The van der Waals surface area contributed by atoms with Crippen LogP contribution in [0.2, 0.25) is 0 Å². The third-order valence-electron chi connectivity index (χ3n) is 4.09. The predicted octanol–water partition coefficient (Wildman–Crippen LogP) is 3.77. The molecule has 0 aliphatic carbocycles. The van der Waals surface area contributed by atoms with Crippen LogP contribution in [0.3, 0.4) is 0 Å². The van der Waals surface area contributed by atoms with E-state index in [0.29, 0.717) is 35.9 Å². The van der Waals surface area contributed by atoms with Gasteiger partial charge in [-0.05, 0) is 18.2 Å². The first-order chi connectivity index (χ1) is 15.3. The van der Waals surface area contributed by atoms with Gasteiger partial charge in [0.25, 0.3) is 0 Å². The van der Waals surface area contributed by atoms with Gasteiger partial charge in [0, 0.05) is 45.0 Å². The Kier molecular flexibility index (Phi) is 7.21. The number of alkyl halides is 2. The number of methoxy groups -OCH3 is 1. The molecule has 0 bridgehead atoms. The minimum atomic E-state index is -3.19. The molecule has 11 heteroatoms. The van der Waals surface area contributed by atoms with Crippen molar-refractivity contribution >= 4 is 23.2 Å². The van der Waals surface area contributed by atoms with Gasteiger partial charge in [-0.3, -0.25) is 9.78 Å². The molecule has 9 nitrogen and oxygen atoms in total. The molecule has 3 heterocycles. The van der Waals surface area contributed by atoms with Crippen molar-refractivity contribution in [2.75, 3.05) is 31.0 Å². The Morgan fingerprint density at radius 3 is 2.56 bits per heavy atom. The highest BCUT2D eigenvalue weighted by Gasteiger charge is 2.28. The lowest BCUT2D eigenvalue weighted by molar-refractivity contribution is -0.114. The van der Waals surface area contributed by atoms with Gasteiger partial charge in [0.15, 0.2) is 0 Å². The van der Waals surface area contributed by atoms with E-state index in [1.54, 1.807) is 31.5 Å². The molecule has 2 N–H and O–H groups in total.